The average molecular weight is 237 g/mol. The first-order chi connectivity index (χ1) is 7.36. The van der Waals surface area contributed by atoms with Gasteiger partial charge in [-0.25, -0.2) is 0 Å². The van der Waals surface area contributed by atoms with Gasteiger partial charge >= 0.3 is 0 Å². The third-order valence-electron chi connectivity index (χ3n) is 2.57. The fourth-order valence-corrected chi connectivity index (χ4v) is 3.43. The fraction of sp³-hybridized carbons (Fsp3) is 0.333. The molecule has 0 aliphatic carbocycles. The van der Waals surface area contributed by atoms with Crippen LogP contribution in [-0.2, 0) is 0 Å². The lowest BCUT2D eigenvalue weighted by molar-refractivity contribution is 0.668. The Hall–Kier alpha value is -0.510. The van der Waals surface area contributed by atoms with Crippen LogP contribution in [0, 0.1) is 0 Å². The molecule has 2 rings (SSSR count). The Kier molecular flexibility index (Phi) is 3.67. The second kappa shape index (κ2) is 5.01. The molecule has 1 N–H and O–H groups in total. The highest BCUT2D eigenvalue weighted by Crippen LogP contribution is 2.29. The smallest absolute Gasteiger partial charge is 0.0423 e. The second-order valence-electron chi connectivity index (χ2n) is 3.48. The fourth-order valence-electron chi connectivity index (χ4n) is 1.79. The predicted octanol–water partition coefficient (Wildman–Crippen LogP) is 3.52. The van der Waals surface area contributed by atoms with Crippen LogP contribution in [0.5, 0.6) is 0 Å². The zero-order valence-electron chi connectivity index (χ0n) is 8.99. The maximum atomic E-state index is 3.39. The van der Waals surface area contributed by atoms with Crippen molar-refractivity contribution in [1.29, 1.82) is 0 Å². The van der Waals surface area contributed by atoms with Gasteiger partial charge in [-0.15, -0.1) is 11.3 Å². The molecule has 1 aromatic carbocycles. The number of fused-ring (bicyclic) bond motifs is 1. The van der Waals surface area contributed by atoms with E-state index in [-0.39, 0.29) is 0 Å². The van der Waals surface area contributed by atoms with Gasteiger partial charge in [0.15, 0.2) is 0 Å². The van der Waals surface area contributed by atoms with Crippen molar-refractivity contribution in [3.63, 3.8) is 0 Å². The summed E-state index contributed by atoms with van der Waals surface area (Å²) in [4.78, 5) is 0. The van der Waals surface area contributed by atoms with Crippen molar-refractivity contribution in [2.24, 2.45) is 0 Å². The molecular weight excluding hydrogens is 222 g/mol. The average Bonchev–Trinajstić information content (AvgIpc) is 2.73. The normalized spacial score (nSPS) is 13.2. The van der Waals surface area contributed by atoms with Crippen LogP contribution in [0.1, 0.15) is 11.6 Å². The molecule has 3 heteroatoms. The largest absolute Gasteiger partial charge is 0.312 e. The SMILES string of the molecule is CNC(CSC)c1cccc2ccsc12. The minimum Gasteiger partial charge on any atom is -0.312 e. The molecule has 0 aliphatic heterocycles. The van der Waals surface area contributed by atoms with E-state index in [2.05, 4.69) is 41.2 Å². The molecule has 0 fully saturated rings. The number of hydrogen-bond acceptors (Lipinski definition) is 3. The topological polar surface area (TPSA) is 12.0 Å². The number of thiophene rings is 1. The van der Waals surface area contributed by atoms with Crippen LogP contribution in [-0.4, -0.2) is 19.1 Å². The van der Waals surface area contributed by atoms with Crippen molar-refractivity contribution in [1.82, 2.24) is 5.32 Å². The first-order valence-corrected chi connectivity index (χ1v) is 7.26. The summed E-state index contributed by atoms with van der Waals surface area (Å²) in [5, 5.41) is 6.91. The van der Waals surface area contributed by atoms with E-state index in [0.717, 1.165) is 5.75 Å². The van der Waals surface area contributed by atoms with Gasteiger partial charge in [-0.05, 0) is 35.7 Å². The van der Waals surface area contributed by atoms with Gasteiger partial charge in [-0.3, -0.25) is 0 Å². The van der Waals surface area contributed by atoms with Crippen LogP contribution in [0.25, 0.3) is 10.1 Å². The summed E-state index contributed by atoms with van der Waals surface area (Å²) in [6, 6.07) is 9.21. The Morgan fingerprint density at radius 2 is 2.27 bits per heavy atom. The van der Waals surface area contributed by atoms with Crippen LogP contribution in [0.3, 0.4) is 0 Å². The molecule has 80 valence electrons. The van der Waals surface area contributed by atoms with Crippen LogP contribution >= 0.6 is 23.1 Å². The lowest BCUT2D eigenvalue weighted by atomic mass is 10.1. The molecule has 1 atom stereocenters. The van der Waals surface area contributed by atoms with Gasteiger partial charge in [0.2, 0.25) is 0 Å². The number of nitrogens with one attached hydrogen (secondary N) is 1. The monoisotopic (exact) mass is 237 g/mol. The van der Waals surface area contributed by atoms with Crippen molar-refractivity contribution >= 4 is 33.2 Å². The molecular formula is C12H15NS2. The van der Waals surface area contributed by atoms with Gasteiger partial charge in [-0.2, -0.15) is 11.8 Å². The van der Waals surface area contributed by atoms with E-state index in [1.54, 1.807) is 0 Å². The number of thioether (sulfide) groups is 1. The minimum absolute atomic E-state index is 0.461. The Balaban J connectivity index is 2.44. The van der Waals surface area contributed by atoms with Crippen molar-refractivity contribution < 1.29 is 0 Å². The number of rotatable bonds is 4. The van der Waals surface area contributed by atoms with E-state index in [1.807, 2.05) is 30.1 Å². The summed E-state index contributed by atoms with van der Waals surface area (Å²) in [6.45, 7) is 0. The molecule has 1 nitrogen and oxygen atoms in total. The zero-order valence-corrected chi connectivity index (χ0v) is 10.6. The highest BCUT2D eigenvalue weighted by molar-refractivity contribution is 7.98. The molecule has 0 saturated heterocycles. The third-order valence-corrected chi connectivity index (χ3v) is 4.21. The lowest BCUT2D eigenvalue weighted by Gasteiger charge is -2.16. The zero-order chi connectivity index (χ0) is 10.7. The molecule has 15 heavy (non-hydrogen) atoms. The summed E-state index contributed by atoms with van der Waals surface area (Å²) < 4.78 is 1.42. The molecule has 0 bridgehead atoms. The summed E-state index contributed by atoms with van der Waals surface area (Å²) in [7, 11) is 2.04. The highest BCUT2D eigenvalue weighted by Gasteiger charge is 2.11. The van der Waals surface area contributed by atoms with Gasteiger partial charge < -0.3 is 5.32 Å². The Bertz CT molecular complexity index is 436. The summed E-state index contributed by atoms with van der Waals surface area (Å²) in [5.74, 6) is 1.12. The van der Waals surface area contributed by atoms with Crippen molar-refractivity contribution in [3.8, 4) is 0 Å². The molecule has 1 aromatic heterocycles. The Morgan fingerprint density at radius 3 is 3.00 bits per heavy atom. The van der Waals surface area contributed by atoms with Gasteiger partial charge in [0.1, 0.15) is 0 Å². The standard InChI is InChI=1S/C12H15NS2/c1-13-11(8-14-2)10-5-3-4-9-6-7-15-12(9)10/h3-7,11,13H,8H2,1-2H3. The molecule has 0 saturated carbocycles. The predicted molar refractivity (Wildman–Crippen MR) is 72.0 cm³/mol. The van der Waals surface area contributed by atoms with E-state index in [0.29, 0.717) is 6.04 Å². The number of benzene rings is 1. The van der Waals surface area contributed by atoms with E-state index < -0.39 is 0 Å². The molecule has 0 spiro atoms. The summed E-state index contributed by atoms with van der Waals surface area (Å²) in [5.41, 5.74) is 1.43. The minimum atomic E-state index is 0.461. The quantitative estimate of drug-likeness (QED) is 0.873. The van der Waals surface area contributed by atoms with Gasteiger partial charge in [0.25, 0.3) is 0 Å². The van der Waals surface area contributed by atoms with Crippen LogP contribution in [0.15, 0.2) is 29.6 Å². The lowest BCUT2D eigenvalue weighted by Crippen LogP contribution is -2.18. The molecule has 1 heterocycles. The first kappa shape index (κ1) is 11.0. The highest BCUT2D eigenvalue weighted by atomic mass is 32.2. The molecule has 0 aliphatic rings. The van der Waals surface area contributed by atoms with Gasteiger partial charge in [-0.1, -0.05) is 18.2 Å². The maximum absolute atomic E-state index is 3.39. The molecule has 2 aromatic rings. The van der Waals surface area contributed by atoms with Gasteiger partial charge in [0, 0.05) is 16.5 Å². The molecule has 1 unspecified atom stereocenters. The summed E-state index contributed by atoms with van der Waals surface area (Å²) in [6.07, 6.45) is 2.15. The van der Waals surface area contributed by atoms with Gasteiger partial charge in [0.05, 0.1) is 0 Å². The van der Waals surface area contributed by atoms with E-state index in [9.17, 15) is 0 Å². The van der Waals surface area contributed by atoms with Crippen molar-refractivity contribution in [2.45, 2.75) is 6.04 Å². The van der Waals surface area contributed by atoms with Crippen LogP contribution in [0.4, 0.5) is 0 Å². The Labute approximate surface area is 98.9 Å². The van der Waals surface area contributed by atoms with Crippen molar-refractivity contribution in [2.75, 3.05) is 19.1 Å². The Morgan fingerprint density at radius 1 is 1.40 bits per heavy atom. The summed E-state index contributed by atoms with van der Waals surface area (Å²) >= 11 is 3.72. The van der Waals surface area contributed by atoms with Crippen LogP contribution in [0.2, 0.25) is 0 Å². The molecule has 0 amide bonds. The van der Waals surface area contributed by atoms with E-state index in [1.165, 1.54) is 15.6 Å². The van der Waals surface area contributed by atoms with E-state index in [4.69, 9.17) is 0 Å². The van der Waals surface area contributed by atoms with Crippen LogP contribution < -0.4 is 5.32 Å². The van der Waals surface area contributed by atoms with Crippen molar-refractivity contribution in [3.05, 3.63) is 35.2 Å². The maximum Gasteiger partial charge on any atom is 0.0423 e. The first-order valence-electron chi connectivity index (χ1n) is 4.99. The van der Waals surface area contributed by atoms with E-state index >= 15 is 0 Å². The molecule has 0 radical (unpaired) electrons. The number of hydrogen-bond donors (Lipinski definition) is 1. The third kappa shape index (κ3) is 2.19. The second-order valence-corrected chi connectivity index (χ2v) is 5.31.